The van der Waals surface area contributed by atoms with E-state index in [9.17, 15) is 27.6 Å². The fourth-order valence-corrected chi connectivity index (χ4v) is 7.48. The summed E-state index contributed by atoms with van der Waals surface area (Å²) in [6.07, 6.45) is 3.13. The topological polar surface area (TPSA) is 142 Å². The largest absolute Gasteiger partial charge is 0.450 e. The second-order valence-electron chi connectivity index (χ2n) is 9.37. The van der Waals surface area contributed by atoms with E-state index in [4.69, 9.17) is 4.74 Å². The van der Waals surface area contributed by atoms with Crippen molar-refractivity contribution in [2.24, 2.45) is 0 Å². The van der Waals surface area contributed by atoms with Crippen LogP contribution >= 0.6 is 11.3 Å². The van der Waals surface area contributed by atoms with Gasteiger partial charge in [0.15, 0.2) is 0 Å². The number of nitrogens with zero attached hydrogens (tertiary/aromatic N) is 2. The average Bonchev–Trinajstić information content (AvgIpc) is 3.05. The Bertz CT molecular complexity index is 1360. The Morgan fingerprint density at radius 2 is 1.64 bits per heavy atom. The molecule has 4 rings (SSSR count). The summed E-state index contributed by atoms with van der Waals surface area (Å²) in [6.45, 7) is 4.81. The van der Waals surface area contributed by atoms with E-state index >= 15 is 0 Å². The monoisotopic (exact) mass is 576 g/mol. The molecule has 0 atom stereocenters. The number of rotatable bonds is 6. The highest BCUT2D eigenvalue weighted by atomic mass is 32.2. The van der Waals surface area contributed by atoms with Crippen LogP contribution in [-0.4, -0.2) is 67.7 Å². The average molecular weight is 577 g/mol. The maximum atomic E-state index is 13.2. The lowest BCUT2D eigenvalue weighted by Gasteiger charge is -2.26. The van der Waals surface area contributed by atoms with Crippen LogP contribution in [0.3, 0.4) is 0 Å². The lowest BCUT2D eigenvalue weighted by atomic mass is 10.0. The van der Waals surface area contributed by atoms with E-state index in [0.717, 1.165) is 41.9 Å². The van der Waals surface area contributed by atoms with Gasteiger partial charge in [-0.15, -0.1) is 11.3 Å². The van der Waals surface area contributed by atoms with Gasteiger partial charge >= 0.3 is 6.09 Å². The van der Waals surface area contributed by atoms with Gasteiger partial charge in [0, 0.05) is 37.0 Å². The van der Waals surface area contributed by atoms with Crippen molar-refractivity contribution in [2.45, 2.75) is 57.4 Å². The van der Waals surface area contributed by atoms with Gasteiger partial charge in [-0.05, 0) is 56.0 Å². The van der Waals surface area contributed by atoms with Gasteiger partial charge < -0.3 is 15.0 Å². The molecule has 0 spiro atoms. The molecule has 210 valence electrons. The molecule has 3 heterocycles. The zero-order chi connectivity index (χ0) is 28.2. The molecule has 1 aromatic carbocycles. The first-order valence-corrected chi connectivity index (χ1v) is 15.2. The number of fused-ring (bicyclic) bond motifs is 1. The molecule has 4 amide bonds. The predicted octanol–water partition coefficient (Wildman–Crippen LogP) is 3.36. The smallest absolute Gasteiger partial charge is 0.414 e. The third-order valence-electron chi connectivity index (χ3n) is 6.77. The number of nitrogens with one attached hydrogen (secondary N) is 2. The number of anilines is 1. The van der Waals surface area contributed by atoms with Crippen LogP contribution < -0.4 is 10.6 Å². The highest BCUT2D eigenvalue weighted by molar-refractivity contribution is 7.89. The molecule has 0 radical (unpaired) electrons. The van der Waals surface area contributed by atoms with E-state index in [0.29, 0.717) is 31.6 Å². The Hall–Kier alpha value is -3.29. The van der Waals surface area contributed by atoms with Crippen molar-refractivity contribution in [1.29, 1.82) is 0 Å². The van der Waals surface area contributed by atoms with E-state index in [1.807, 2.05) is 0 Å². The van der Waals surface area contributed by atoms with Gasteiger partial charge in [-0.25, -0.2) is 13.2 Å². The third-order valence-corrected chi connectivity index (χ3v) is 9.81. The maximum Gasteiger partial charge on any atom is 0.414 e. The van der Waals surface area contributed by atoms with Crippen LogP contribution in [0, 0.1) is 0 Å². The number of amides is 4. The number of carbonyl (C=O) groups excluding carboxylic acids is 4. The molecule has 2 aromatic rings. The summed E-state index contributed by atoms with van der Waals surface area (Å²) >= 11 is 1.16. The third kappa shape index (κ3) is 6.48. The van der Waals surface area contributed by atoms with Gasteiger partial charge in [0.1, 0.15) is 5.00 Å². The standard InChI is InChI=1S/C26H32N4O7S2/c1-3-37-26(34)28-24(33)22-20-12-15-29(17(2)31)16-21(20)38-25(22)27-23(32)18-8-10-19(11-9-18)39(35,36)30-13-6-4-5-7-14-30/h8-11H,3-7,12-16H2,1-2H3,(H,27,32)(H,28,33,34). The van der Waals surface area contributed by atoms with Crippen molar-refractivity contribution in [1.82, 2.24) is 14.5 Å². The first-order valence-electron chi connectivity index (χ1n) is 12.9. The van der Waals surface area contributed by atoms with Crippen LogP contribution in [0.15, 0.2) is 29.2 Å². The second kappa shape index (κ2) is 12.3. The summed E-state index contributed by atoms with van der Waals surface area (Å²) in [6, 6.07) is 5.69. The molecule has 11 nitrogen and oxygen atoms in total. The maximum absolute atomic E-state index is 13.2. The van der Waals surface area contributed by atoms with Crippen LogP contribution in [0.2, 0.25) is 0 Å². The van der Waals surface area contributed by atoms with Crippen LogP contribution in [0.4, 0.5) is 9.80 Å². The highest BCUT2D eigenvalue weighted by Crippen LogP contribution is 2.37. The van der Waals surface area contributed by atoms with Gasteiger partial charge in [0.05, 0.1) is 23.6 Å². The molecular formula is C26H32N4O7S2. The molecule has 13 heteroatoms. The molecule has 0 unspecified atom stereocenters. The van der Waals surface area contributed by atoms with Crippen molar-refractivity contribution < 1.29 is 32.3 Å². The molecular weight excluding hydrogens is 544 g/mol. The molecule has 2 aliphatic rings. The molecule has 2 aliphatic heterocycles. The van der Waals surface area contributed by atoms with E-state index < -0.39 is 27.9 Å². The normalized spacial score (nSPS) is 16.1. The Balaban J connectivity index is 1.57. The first-order chi connectivity index (χ1) is 18.6. The summed E-state index contributed by atoms with van der Waals surface area (Å²) in [5.74, 6) is -1.36. The number of ether oxygens (including phenoxy) is 1. The lowest BCUT2D eigenvalue weighted by Crippen LogP contribution is -2.35. The molecule has 0 bridgehead atoms. The second-order valence-corrected chi connectivity index (χ2v) is 12.4. The quantitative estimate of drug-likeness (QED) is 0.537. The summed E-state index contributed by atoms with van der Waals surface area (Å²) < 4.78 is 32.5. The van der Waals surface area contributed by atoms with Gasteiger partial charge in [0.2, 0.25) is 15.9 Å². The zero-order valence-electron chi connectivity index (χ0n) is 21.9. The Kier molecular flexibility index (Phi) is 9.03. The summed E-state index contributed by atoms with van der Waals surface area (Å²) in [5.41, 5.74) is 1.02. The summed E-state index contributed by atoms with van der Waals surface area (Å²) in [4.78, 5) is 52.5. The van der Waals surface area contributed by atoms with Gasteiger partial charge in [0.25, 0.3) is 11.8 Å². The Morgan fingerprint density at radius 3 is 2.26 bits per heavy atom. The minimum atomic E-state index is -3.66. The van der Waals surface area contributed by atoms with Crippen molar-refractivity contribution in [3.05, 3.63) is 45.8 Å². The Labute approximate surface area is 231 Å². The molecule has 1 aromatic heterocycles. The number of alkyl carbamates (subject to hydrolysis) is 1. The minimum absolute atomic E-state index is 0.0848. The number of imide groups is 1. The van der Waals surface area contributed by atoms with Gasteiger partial charge in [-0.1, -0.05) is 12.8 Å². The number of benzene rings is 1. The van der Waals surface area contributed by atoms with Crippen molar-refractivity contribution in [3.8, 4) is 0 Å². The fourth-order valence-electron chi connectivity index (χ4n) is 4.71. The SMILES string of the molecule is CCOC(=O)NC(=O)c1c(NC(=O)c2ccc(S(=O)(=O)N3CCCCCC3)cc2)sc2c1CCN(C(C)=O)C2. The molecule has 1 fully saturated rings. The molecule has 0 aliphatic carbocycles. The van der Waals surface area contributed by atoms with E-state index in [2.05, 4.69) is 10.6 Å². The molecule has 1 saturated heterocycles. The number of thiophene rings is 1. The number of sulfonamides is 1. The van der Waals surface area contributed by atoms with Crippen LogP contribution in [0.25, 0.3) is 0 Å². The van der Waals surface area contributed by atoms with Crippen molar-refractivity contribution >= 4 is 50.2 Å². The van der Waals surface area contributed by atoms with E-state index in [1.165, 1.54) is 35.5 Å². The molecule has 2 N–H and O–H groups in total. The minimum Gasteiger partial charge on any atom is -0.450 e. The number of hydrogen-bond acceptors (Lipinski definition) is 8. The summed E-state index contributed by atoms with van der Waals surface area (Å²) in [7, 11) is -3.66. The summed E-state index contributed by atoms with van der Waals surface area (Å²) in [5, 5.41) is 5.17. The van der Waals surface area contributed by atoms with E-state index in [-0.39, 0.29) is 40.1 Å². The predicted molar refractivity (Wildman–Crippen MR) is 145 cm³/mol. The molecule has 39 heavy (non-hydrogen) atoms. The number of carbonyl (C=O) groups is 4. The fraction of sp³-hybridized carbons (Fsp3) is 0.462. The lowest BCUT2D eigenvalue weighted by molar-refractivity contribution is -0.129. The van der Waals surface area contributed by atoms with Crippen LogP contribution in [-0.2, 0) is 32.5 Å². The van der Waals surface area contributed by atoms with Crippen molar-refractivity contribution in [3.63, 3.8) is 0 Å². The van der Waals surface area contributed by atoms with Crippen LogP contribution in [0.1, 0.15) is 70.7 Å². The first kappa shape index (κ1) is 28.7. The number of hydrogen-bond donors (Lipinski definition) is 2. The molecule has 0 saturated carbocycles. The zero-order valence-corrected chi connectivity index (χ0v) is 23.6. The Morgan fingerprint density at radius 1 is 0.974 bits per heavy atom. The van der Waals surface area contributed by atoms with E-state index in [1.54, 1.807) is 11.8 Å². The van der Waals surface area contributed by atoms with Crippen LogP contribution in [0.5, 0.6) is 0 Å². The van der Waals surface area contributed by atoms with Gasteiger partial charge in [-0.2, -0.15) is 4.31 Å². The highest BCUT2D eigenvalue weighted by Gasteiger charge is 2.31. The van der Waals surface area contributed by atoms with Gasteiger partial charge in [-0.3, -0.25) is 19.7 Å². The van der Waals surface area contributed by atoms with Crippen molar-refractivity contribution in [2.75, 3.05) is 31.6 Å².